The van der Waals surface area contributed by atoms with E-state index in [1.165, 1.54) is 19.1 Å². The van der Waals surface area contributed by atoms with E-state index in [1.54, 1.807) is 0 Å². The van der Waals surface area contributed by atoms with Crippen molar-refractivity contribution >= 4 is 0 Å². The number of hydrogen-bond acceptors (Lipinski definition) is 1. The largest absolute Gasteiger partial charge is 0.416 e. The van der Waals surface area contributed by atoms with Crippen LogP contribution in [-0.4, -0.2) is 6.67 Å². The summed E-state index contributed by atoms with van der Waals surface area (Å²) in [5.41, 5.74) is 4.80. The average Bonchev–Trinajstić information content (AvgIpc) is 2.15. The van der Waals surface area contributed by atoms with Gasteiger partial charge in [-0.05, 0) is 24.1 Å². The number of rotatable bonds is 2. The van der Waals surface area contributed by atoms with Crippen molar-refractivity contribution in [3.63, 3.8) is 0 Å². The zero-order valence-electron chi connectivity index (χ0n) is 8.11. The fourth-order valence-corrected chi connectivity index (χ4v) is 1.45. The molecule has 1 aromatic rings. The van der Waals surface area contributed by atoms with Crippen LogP contribution in [0.4, 0.5) is 17.6 Å². The molecule has 5 heteroatoms. The van der Waals surface area contributed by atoms with Crippen LogP contribution in [-0.2, 0) is 6.18 Å². The van der Waals surface area contributed by atoms with Crippen molar-refractivity contribution in [1.29, 1.82) is 0 Å². The number of nitrogens with two attached hydrogens (primary N) is 1. The molecule has 0 bridgehead atoms. The molecule has 84 valence electrons. The molecular weight excluding hydrogens is 210 g/mol. The van der Waals surface area contributed by atoms with Gasteiger partial charge in [-0.25, -0.2) is 4.39 Å². The Kier molecular flexibility index (Phi) is 3.34. The lowest BCUT2D eigenvalue weighted by Crippen LogP contribution is -2.16. The molecule has 0 aliphatic carbocycles. The zero-order valence-corrected chi connectivity index (χ0v) is 8.11. The van der Waals surface area contributed by atoms with Gasteiger partial charge in [0.1, 0.15) is 6.67 Å². The minimum atomic E-state index is -4.42. The lowest BCUT2D eigenvalue weighted by atomic mass is 9.97. The van der Waals surface area contributed by atoms with Crippen LogP contribution in [0.15, 0.2) is 18.2 Å². The summed E-state index contributed by atoms with van der Waals surface area (Å²) in [4.78, 5) is 0. The molecule has 0 saturated carbocycles. The van der Waals surface area contributed by atoms with Gasteiger partial charge in [-0.2, -0.15) is 13.2 Å². The molecule has 1 aromatic carbocycles. The van der Waals surface area contributed by atoms with Gasteiger partial charge < -0.3 is 5.73 Å². The SMILES string of the molecule is Cc1c(C(N)CF)cccc1C(F)(F)F. The third-order valence-electron chi connectivity index (χ3n) is 2.25. The van der Waals surface area contributed by atoms with Crippen molar-refractivity contribution < 1.29 is 17.6 Å². The number of benzene rings is 1. The van der Waals surface area contributed by atoms with Crippen LogP contribution in [0.3, 0.4) is 0 Å². The van der Waals surface area contributed by atoms with E-state index in [4.69, 9.17) is 5.73 Å². The van der Waals surface area contributed by atoms with Crippen molar-refractivity contribution in [2.24, 2.45) is 5.73 Å². The summed E-state index contributed by atoms with van der Waals surface area (Å²) in [6, 6.07) is 2.62. The van der Waals surface area contributed by atoms with Gasteiger partial charge in [-0.3, -0.25) is 0 Å². The quantitative estimate of drug-likeness (QED) is 0.763. The van der Waals surface area contributed by atoms with Crippen LogP contribution in [0, 0.1) is 6.92 Å². The van der Waals surface area contributed by atoms with Crippen LogP contribution in [0.2, 0.25) is 0 Å². The number of hydrogen-bond donors (Lipinski definition) is 1. The Labute approximate surface area is 84.9 Å². The van der Waals surface area contributed by atoms with E-state index >= 15 is 0 Å². The van der Waals surface area contributed by atoms with Gasteiger partial charge in [-0.15, -0.1) is 0 Å². The van der Waals surface area contributed by atoms with Gasteiger partial charge >= 0.3 is 6.18 Å². The predicted molar refractivity (Wildman–Crippen MR) is 49.1 cm³/mol. The van der Waals surface area contributed by atoms with E-state index in [-0.39, 0.29) is 11.1 Å². The molecule has 0 fully saturated rings. The van der Waals surface area contributed by atoms with Crippen molar-refractivity contribution in [2.45, 2.75) is 19.1 Å². The van der Waals surface area contributed by atoms with Crippen LogP contribution < -0.4 is 5.73 Å². The van der Waals surface area contributed by atoms with E-state index in [9.17, 15) is 17.6 Å². The smallest absolute Gasteiger partial charge is 0.322 e. The average molecular weight is 221 g/mol. The topological polar surface area (TPSA) is 26.0 Å². The Bertz CT molecular complexity index is 346. The monoisotopic (exact) mass is 221 g/mol. The van der Waals surface area contributed by atoms with E-state index in [2.05, 4.69) is 0 Å². The van der Waals surface area contributed by atoms with Gasteiger partial charge in [0.25, 0.3) is 0 Å². The highest BCUT2D eigenvalue weighted by Crippen LogP contribution is 2.34. The normalized spacial score (nSPS) is 14.0. The summed E-state index contributed by atoms with van der Waals surface area (Å²) in [7, 11) is 0. The summed E-state index contributed by atoms with van der Waals surface area (Å²) in [5, 5.41) is 0. The zero-order chi connectivity index (χ0) is 11.6. The second kappa shape index (κ2) is 4.18. The molecule has 1 nitrogen and oxygen atoms in total. The second-order valence-electron chi connectivity index (χ2n) is 3.28. The van der Waals surface area contributed by atoms with E-state index in [0.29, 0.717) is 0 Å². The summed E-state index contributed by atoms with van der Waals surface area (Å²) < 4.78 is 49.7. The van der Waals surface area contributed by atoms with Gasteiger partial charge in [0.05, 0.1) is 11.6 Å². The van der Waals surface area contributed by atoms with E-state index in [0.717, 1.165) is 6.07 Å². The Hall–Kier alpha value is -1.10. The molecule has 0 aliphatic heterocycles. The van der Waals surface area contributed by atoms with E-state index < -0.39 is 24.5 Å². The van der Waals surface area contributed by atoms with Crippen molar-refractivity contribution in [3.05, 3.63) is 34.9 Å². The maximum absolute atomic E-state index is 12.5. The molecule has 0 radical (unpaired) electrons. The highest BCUT2D eigenvalue weighted by atomic mass is 19.4. The lowest BCUT2D eigenvalue weighted by Gasteiger charge is -2.16. The first-order valence-corrected chi connectivity index (χ1v) is 4.36. The highest BCUT2D eigenvalue weighted by molar-refractivity contribution is 5.37. The predicted octanol–water partition coefficient (Wildman–Crippen LogP) is 2.98. The first kappa shape index (κ1) is 12.0. The van der Waals surface area contributed by atoms with Gasteiger partial charge in [0, 0.05) is 0 Å². The molecular formula is C10H11F4N. The molecule has 0 spiro atoms. The van der Waals surface area contributed by atoms with Crippen molar-refractivity contribution in [3.8, 4) is 0 Å². The number of halogens is 4. The first-order chi connectivity index (χ1) is 6.88. The summed E-state index contributed by atoms with van der Waals surface area (Å²) >= 11 is 0. The standard InChI is InChI=1S/C10H11F4N/c1-6-7(9(15)5-11)3-2-4-8(6)10(12,13)14/h2-4,9H,5,15H2,1H3. The summed E-state index contributed by atoms with van der Waals surface area (Å²) in [6.07, 6.45) is -4.42. The first-order valence-electron chi connectivity index (χ1n) is 4.36. The number of alkyl halides is 4. The van der Waals surface area contributed by atoms with Crippen LogP contribution in [0.1, 0.15) is 22.7 Å². The molecule has 0 saturated heterocycles. The third kappa shape index (κ3) is 2.47. The Morgan fingerprint density at radius 2 is 1.93 bits per heavy atom. The molecule has 2 N–H and O–H groups in total. The Balaban J connectivity index is 3.23. The molecule has 0 aromatic heterocycles. The van der Waals surface area contributed by atoms with Crippen LogP contribution in [0.5, 0.6) is 0 Å². The fourth-order valence-electron chi connectivity index (χ4n) is 1.45. The minimum Gasteiger partial charge on any atom is -0.322 e. The fraction of sp³-hybridized carbons (Fsp3) is 0.400. The van der Waals surface area contributed by atoms with Crippen LogP contribution in [0.25, 0.3) is 0 Å². The van der Waals surface area contributed by atoms with Crippen molar-refractivity contribution in [2.75, 3.05) is 6.67 Å². The maximum atomic E-state index is 12.5. The lowest BCUT2D eigenvalue weighted by molar-refractivity contribution is -0.138. The van der Waals surface area contributed by atoms with Gasteiger partial charge in [0.2, 0.25) is 0 Å². The van der Waals surface area contributed by atoms with Crippen molar-refractivity contribution in [1.82, 2.24) is 0 Å². The molecule has 1 unspecified atom stereocenters. The summed E-state index contributed by atoms with van der Waals surface area (Å²) in [6.45, 7) is 0.426. The second-order valence-corrected chi connectivity index (χ2v) is 3.28. The molecule has 1 atom stereocenters. The minimum absolute atomic E-state index is 0.00449. The van der Waals surface area contributed by atoms with Crippen LogP contribution >= 0.6 is 0 Å². The Morgan fingerprint density at radius 3 is 2.40 bits per heavy atom. The summed E-state index contributed by atoms with van der Waals surface area (Å²) in [5.74, 6) is 0. The molecule has 0 heterocycles. The molecule has 1 rings (SSSR count). The molecule has 15 heavy (non-hydrogen) atoms. The van der Waals surface area contributed by atoms with Gasteiger partial charge in [-0.1, -0.05) is 12.1 Å². The van der Waals surface area contributed by atoms with E-state index in [1.807, 2.05) is 0 Å². The maximum Gasteiger partial charge on any atom is 0.416 e. The van der Waals surface area contributed by atoms with Gasteiger partial charge in [0.15, 0.2) is 0 Å². The Morgan fingerprint density at radius 1 is 1.33 bits per heavy atom. The third-order valence-corrected chi connectivity index (χ3v) is 2.25. The molecule has 0 aliphatic rings. The highest BCUT2D eigenvalue weighted by Gasteiger charge is 2.33. The molecule has 0 amide bonds.